The fourth-order valence-electron chi connectivity index (χ4n) is 5.99. The number of nitrogens with one attached hydrogen (secondary N) is 1. The quantitative estimate of drug-likeness (QED) is 0.352. The Balaban J connectivity index is 1.26. The average Bonchev–Trinajstić information content (AvgIpc) is 3.58. The van der Waals surface area contributed by atoms with Crippen molar-refractivity contribution in [2.45, 2.75) is 35.9 Å². The molecule has 4 atom stereocenters. The lowest BCUT2D eigenvalue weighted by molar-refractivity contribution is -0.157. The Morgan fingerprint density at radius 3 is 2.69 bits per heavy atom. The standard InChI is InChI=1S/C31H33Cl2N7O4S/c1-37(31(43)35-14-19-8-11-22(32)23(33)12-19)39-17-27(41)40-24(13-18-6-9-21(44-2)10-7-18)29(42)38(16-26(39)40)15-20-4-3-5-25-28(20)36-30(34)45-25/h3-12,22-24,26H,13-17H2,1-2H3,(H2,34,36)(H,35,43)/t22?,23?,24-,26+/m0/s1. The van der Waals surface area contributed by atoms with Crippen LogP contribution in [-0.4, -0.2) is 99.4 Å². The van der Waals surface area contributed by atoms with Gasteiger partial charge in [-0.05, 0) is 34.9 Å². The van der Waals surface area contributed by atoms with Crippen molar-refractivity contribution in [1.29, 1.82) is 0 Å². The van der Waals surface area contributed by atoms with Crippen LogP contribution >= 0.6 is 34.5 Å². The van der Waals surface area contributed by atoms with Crippen molar-refractivity contribution in [3.05, 3.63) is 77.4 Å². The molecule has 3 heterocycles. The number of carbonyl (C=O) groups is 3. The van der Waals surface area contributed by atoms with E-state index >= 15 is 0 Å². The highest BCUT2D eigenvalue weighted by Gasteiger charge is 2.51. The van der Waals surface area contributed by atoms with E-state index in [9.17, 15) is 14.4 Å². The highest BCUT2D eigenvalue weighted by molar-refractivity contribution is 7.22. The Hall–Kier alpha value is -3.84. The second-order valence-corrected chi connectivity index (χ2v) is 13.2. The van der Waals surface area contributed by atoms with E-state index in [0.717, 1.165) is 26.9 Å². The van der Waals surface area contributed by atoms with Gasteiger partial charge in [-0.1, -0.05) is 53.8 Å². The molecule has 0 bridgehead atoms. The van der Waals surface area contributed by atoms with Gasteiger partial charge in [0.2, 0.25) is 11.8 Å². The summed E-state index contributed by atoms with van der Waals surface area (Å²) in [5.74, 6) is 0.300. The zero-order chi connectivity index (χ0) is 31.8. The fourth-order valence-corrected chi connectivity index (χ4v) is 7.16. The van der Waals surface area contributed by atoms with Gasteiger partial charge in [-0.15, -0.1) is 23.2 Å². The number of allylic oxidation sites excluding steroid dienone is 2. The Morgan fingerprint density at radius 1 is 1.18 bits per heavy atom. The highest BCUT2D eigenvalue weighted by atomic mass is 35.5. The van der Waals surface area contributed by atoms with E-state index in [1.807, 2.05) is 54.6 Å². The van der Waals surface area contributed by atoms with Gasteiger partial charge in [0, 0.05) is 26.6 Å². The normalized spacial score (nSPS) is 23.3. The number of piperazine rings is 1. The molecule has 2 unspecified atom stereocenters. The molecular weight excluding hydrogens is 637 g/mol. The number of aromatic nitrogens is 1. The van der Waals surface area contributed by atoms with E-state index in [-0.39, 0.29) is 48.7 Å². The number of hydrogen-bond donors (Lipinski definition) is 2. The van der Waals surface area contributed by atoms with Gasteiger partial charge in [-0.3, -0.25) is 14.6 Å². The number of rotatable bonds is 8. The van der Waals surface area contributed by atoms with Gasteiger partial charge in [0.25, 0.3) is 0 Å². The molecule has 3 N–H and O–H groups in total. The van der Waals surface area contributed by atoms with Gasteiger partial charge in [-0.2, -0.15) is 5.01 Å². The molecule has 1 aromatic heterocycles. The van der Waals surface area contributed by atoms with Crippen molar-refractivity contribution in [2.75, 3.05) is 39.5 Å². The summed E-state index contributed by atoms with van der Waals surface area (Å²) in [5, 5.41) is 5.81. The van der Waals surface area contributed by atoms with E-state index in [1.54, 1.807) is 35.0 Å². The number of urea groups is 1. The first kappa shape index (κ1) is 31.2. The van der Waals surface area contributed by atoms with Crippen molar-refractivity contribution in [2.24, 2.45) is 0 Å². The summed E-state index contributed by atoms with van der Waals surface area (Å²) in [7, 11) is 3.21. The number of alkyl halides is 2. The number of anilines is 1. The monoisotopic (exact) mass is 669 g/mol. The molecule has 45 heavy (non-hydrogen) atoms. The molecule has 3 aliphatic rings. The van der Waals surface area contributed by atoms with Crippen LogP contribution in [0, 0.1) is 0 Å². The molecule has 2 aromatic carbocycles. The first-order chi connectivity index (χ1) is 21.6. The third-order valence-corrected chi connectivity index (χ3v) is 10.1. The van der Waals surface area contributed by atoms with E-state index in [2.05, 4.69) is 10.3 Å². The van der Waals surface area contributed by atoms with Crippen LogP contribution in [0.2, 0.25) is 0 Å². The van der Waals surface area contributed by atoms with Crippen LogP contribution in [0.25, 0.3) is 10.2 Å². The summed E-state index contributed by atoms with van der Waals surface area (Å²) in [6, 6.07) is 12.1. The topological polar surface area (TPSA) is 124 Å². The lowest BCUT2D eigenvalue weighted by Gasteiger charge is -2.45. The smallest absolute Gasteiger partial charge is 0.332 e. The minimum Gasteiger partial charge on any atom is -0.497 e. The molecular formula is C31H33Cl2N7O4S. The molecule has 11 nitrogen and oxygen atoms in total. The number of ether oxygens (including phenoxy) is 1. The first-order valence-electron chi connectivity index (χ1n) is 14.4. The minimum atomic E-state index is -0.771. The molecule has 4 amide bonds. The molecule has 0 spiro atoms. The Morgan fingerprint density at radius 2 is 1.96 bits per heavy atom. The van der Waals surface area contributed by atoms with Crippen molar-refractivity contribution in [1.82, 2.24) is 30.1 Å². The molecule has 3 aromatic rings. The van der Waals surface area contributed by atoms with Crippen LogP contribution < -0.4 is 15.8 Å². The number of methoxy groups -OCH3 is 1. The van der Waals surface area contributed by atoms with Crippen molar-refractivity contribution in [3.8, 4) is 5.75 Å². The second kappa shape index (κ2) is 12.9. The lowest BCUT2D eigenvalue weighted by Crippen LogP contribution is -2.65. The van der Waals surface area contributed by atoms with Crippen LogP contribution in [0.3, 0.4) is 0 Å². The number of thiazole rings is 1. The maximum absolute atomic E-state index is 14.1. The summed E-state index contributed by atoms with van der Waals surface area (Å²) in [5.41, 5.74) is 9.33. The van der Waals surface area contributed by atoms with Crippen LogP contribution in [-0.2, 0) is 22.6 Å². The number of hydrazine groups is 1. The number of nitrogens with two attached hydrogens (primary N) is 1. The molecule has 1 aliphatic carbocycles. The van der Waals surface area contributed by atoms with Gasteiger partial charge in [-0.25, -0.2) is 9.78 Å². The van der Waals surface area contributed by atoms with Crippen LogP contribution in [0.1, 0.15) is 11.1 Å². The summed E-state index contributed by atoms with van der Waals surface area (Å²) < 4.78 is 6.23. The Bertz CT molecular complexity index is 1680. The minimum absolute atomic E-state index is 0.0483. The second-order valence-electron chi connectivity index (χ2n) is 11.2. The Kier molecular flexibility index (Phi) is 8.91. The largest absolute Gasteiger partial charge is 0.497 e. The third-order valence-electron chi connectivity index (χ3n) is 8.33. The SMILES string of the molecule is COc1ccc(C[C@H]2C(=O)N(Cc3cccc4sc(N)nc34)C[C@H]3N2C(=O)CN3N(C)C(=O)NCC2=CC(Cl)C(Cl)C=C2)cc1. The zero-order valence-electron chi connectivity index (χ0n) is 24.7. The number of para-hydroxylation sites is 1. The maximum atomic E-state index is 14.1. The van der Waals surface area contributed by atoms with E-state index in [1.165, 1.54) is 16.3 Å². The van der Waals surface area contributed by atoms with Crippen LogP contribution in [0.5, 0.6) is 5.75 Å². The number of benzene rings is 2. The van der Waals surface area contributed by atoms with Gasteiger partial charge < -0.3 is 25.6 Å². The molecule has 2 saturated heterocycles. The average molecular weight is 671 g/mol. The lowest BCUT2D eigenvalue weighted by atomic mass is 9.99. The van der Waals surface area contributed by atoms with Crippen molar-refractivity contribution < 1.29 is 19.1 Å². The highest BCUT2D eigenvalue weighted by Crippen LogP contribution is 2.32. The summed E-state index contributed by atoms with van der Waals surface area (Å²) in [6.45, 7) is 0.681. The molecule has 2 aliphatic heterocycles. The van der Waals surface area contributed by atoms with Gasteiger partial charge in [0.05, 0.1) is 41.2 Å². The molecule has 6 rings (SSSR count). The van der Waals surface area contributed by atoms with Gasteiger partial charge in [0.15, 0.2) is 5.13 Å². The predicted octanol–water partition coefficient (Wildman–Crippen LogP) is 3.58. The van der Waals surface area contributed by atoms with E-state index in [4.69, 9.17) is 33.7 Å². The molecule has 236 valence electrons. The van der Waals surface area contributed by atoms with E-state index in [0.29, 0.717) is 17.3 Å². The molecule has 2 fully saturated rings. The molecule has 0 saturated carbocycles. The number of halogens is 2. The number of carbonyl (C=O) groups excluding carboxylic acids is 3. The Labute approximate surface area is 274 Å². The zero-order valence-corrected chi connectivity index (χ0v) is 27.1. The number of fused-ring (bicyclic) bond motifs is 2. The van der Waals surface area contributed by atoms with E-state index < -0.39 is 18.2 Å². The summed E-state index contributed by atoms with van der Waals surface area (Å²) in [6.07, 6.45) is 5.18. The molecule has 0 radical (unpaired) electrons. The number of hydrogen-bond acceptors (Lipinski definition) is 8. The number of nitrogens with zero attached hydrogens (tertiary/aromatic N) is 5. The third kappa shape index (κ3) is 6.32. The first-order valence-corrected chi connectivity index (χ1v) is 16.1. The van der Waals surface area contributed by atoms with Crippen molar-refractivity contribution in [3.63, 3.8) is 0 Å². The summed E-state index contributed by atoms with van der Waals surface area (Å²) >= 11 is 13.8. The van der Waals surface area contributed by atoms with Crippen molar-refractivity contribution >= 4 is 67.7 Å². The summed E-state index contributed by atoms with van der Waals surface area (Å²) in [4.78, 5) is 48.9. The van der Waals surface area contributed by atoms with Crippen LogP contribution in [0.15, 0.2) is 66.3 Å². The number of amides is 4. The van der Waals surface area contributed by atoms with Crippen LogP contribution in [0.4, 0.5) is 9.93 Å². The fraction of sp³-hybridized carbons (Fsp3) is 0.355. The predicted molar refractivity (Wildman–Crippen MR) is 175 cm³/mol. The maximum Gasteiger partial charge on any atom is 0.332 e. The molecule has 14 heteroatoms. The van der Waals surface area contributed by atoms with Gasteiger partial charge >= 0.3 is 6.03 Å². The number of nitrogen functional groups attached to an aromatic ring is 1. The van der Waals surface area contributed by atoms with Gasteiger partial charge in [0.1, 0.15) is 18.0 Å².